The molecule has 0 aliphatic heterocycles. The van der Waals surface area contributed by atoms with Crippen LogP contribution in [-0.4, -0.2) is 10.4 Å². The number of Topliss-reactive ketones (excluding diaryl/α,β-unsaturated/α-hetero) is 1. The number of benzene rings is 2. The molecular formula is C18H17NO2. The molecule has 0 unspecified atom stereocenters. The van der Waals surface area contributed by atoms with Crippen LogP contribution in [0.3, 0.4) is 0 Å². The molecule has 0 aliphatic carbocycles. The van der Waals surface area contributed by atoms with Crippen molar-refractivity contribution < 1.29 is 4.79 Å². The maximum atomic E-state index is 12.6. The topological polar surface area (TPSA) is 39.1 Å². The first-order valence-corrected chi connectivity index (χ1v) is 7.24. The van der Waals surface area contributed by atoms with E-state index in [9.17, 15) is 9.59 Å². The lowest BCUT2D eigenvalue weighted by Gasteiger charge is -2.14. The Bertz CT molecular complexity index is 817. The molecule has 0 aliphatic rings. The number of fused-ring (bicyclic) bond motifs is 2. The minimum absolute atomic E-state index is 0.0281. The monoisotopic (exact) mass is 279 g/mol. The third-order valence-electron chi connectivity index (χ3n) is 3.74. The Kier molecular flexibility index (Phi) is 3.57. The van der Waals surface area contributed by atoms with Crippen LogP contribution in [0, 0.1) is 0 Å². The molecular weight excluding hydrogens is 262 g/mol. The second-order valence-corrected chi connectivity index (χ2v) is 5.24. The second kappa shape index (κ2) is 5.52. The van der Waals surface area contributed by atoms with Crippen LogP contribution in [0.4, 0.5) is 0 Å². The number of ketones is 1. The molecule has 0 atom stereocenters. The van der Waals surface area contributed by atoms with E-state index in [4.69, 9.17) is 0 Å². The quantitative estimate of drug-likeness (QED) is 0.685. The molecule has 0 fully saturated rings. The summed E-state index contributed by atoms with van der Waals surface area (Å²) in [5.74, 6) is 0.191. The first-order valence-electron chi connectivity index (χ1n) is 7.24. The largest absolute Gasteiger partial charge is 0.333 e. The van der Waals surface area contributed by atoms with E-state index in [0.29, 0.717) is 23.7 Å². The van der Waals surface area contributed by atoms with Crippen LogP contribution in [0.2, 0.25) is 0 Å². The van der Waals surface area contributed by atoms with Crippen molar-refractivity contribution in [2.45, 2.75) is 26.3 Å². The summed E-state index contributed by atoms with van der Waals surface area (Å²) >= 11 is 0. The molecule has 1 aromatic heterocycles. The van der Waals surface area contributed by atoms with Gasteiger partial charge >= 0.3 is 0 Å². The van der Waals surface area contributed by atoms with E-state index >= 15 is 0 Å². The molecule has 0 amide bonds. The Morgan fingerprint density at radius 1 is 0.952 bits per heavy atom. The average Bonchev–Trinajstić information content (AvgIpc) is 2.52. The van der Waals surface area contributed by atoms with Gasteiger partial charge in [0.2, 0.25) is 0 Å². The number of hydrogen-bond acceptors (Lipinski definition) is 2. The number of carbonyl (C=O) groups is 1. The number of hydrogen-bond donors (Lipinski definition) is 0. The van der Waals surface area contributed by atoms with Gasteiger partial charge in [-0.05, 0) is 30.7 Å². The van der Waals surface area contributed by atoms with Gasteiger partial charge in [0, 0.05) is 17.2 Å². The smallest absolute Gasteiger partial charge is 0.197 e. The molecule has 0 saturated carbocycles. The van der Waals surface area contributed by atoms with Crippen LogP contribution in [-0.2, 0) is 11.3 Å². The number of nitrogens with zero attached hydrogens (tertiary/aromatic N) is 1. The first kappa shape index (κ1) is 13.6. The van der Waals surface area contributed by atoms with Crippen LogP contribution in [0.5, 0.6) is 0 Å². The Hall–Kier alpha value is -2.42. The van der Waals surface area contributed by atoms with E-state index in [-0.39, 0.29) is 11.2 Å². The van der Waals surface area contributed by atoms with E-state index in [1.54, 1.807) is 0 Å². The normalized spacial score (nSPS) is 11.1. The first-order chi connectivity index (χ1) is 10.2. The van der Waals surface area contributed by atoms with Gasteiger partial charge in [-0.3, -0.25) is 9.59 Å². The average molecular weight is 279 g/mol. The van der Waals surface area contributed by atoms with Crippen LogP contribution in [0.1, 0.15) is 19.8 Å². The highest BCUT2D eigenvalue weighted by Crippen LogP contribution is 2.19. The van der Waals surface area contributed by atoms with Crippen molar-refractivity contribution in [3.63, 3.8) is 0 Å². The Balaban J connectivity index is 2.35. The minimum Gasteiger partial charge on any atom is -0.333 e. The highest BCUT2D eigenvalue weighted by atomic mass is 16.1. The highest BCUT2D eigenvalue weighted by Gasteiger charge is 2.12. The summed E-state index contributed by atoms with van der Waals surface area (Å²) in [5.41, 5.74) is 1.68. The van der Waals surface area contributed by atoms with Gasteiger partial charge in [0.25, 0.3) is 0 Å². The number of rotatable bonds is 4. The molecule has 0 radical (unpaired) electrons. The maximum absolute atomic E-state index is 12.6. The molecule has 0 saturated heterocycles. The third-order valence-corrected chi connectivity index (χ3v) is 3.74. The third kappa shape index (κ3) is 2.35. The van der Waals surface area contributed by atoms with Crippen LogP contribution in [0.15, 0.2) is 53.3 Å². The summed E-state index contributed by atoms with van der Waals surface area (Å²) in [7, 11) is 0. The van der Waals surface area contributed by atoms with E-state index in [2.05, 4.69) is 0 Å². The zero-order chi connectivity index (χ0) is 14.8. The van der Waals surface area contributed by atoms with Gasteiger partial charge in [-0.2, -0.15) is 0 Å². The lowest BCUT2D eigenvalue weighted by atomic mass is 10.1. The lowest BCUT2D eigenvalue weighted by Crippen LogP contribution is -2.16. The molecule has 2 aromatic carbocycles. The number of para-hydroxylation sites is 2. The molecule has 3 rings (SSSR count). The minimum atomic E-state index is 0.0281. The fraction of sp³-hybridized carbons (Fsp3) is 0.222. The summed E-state index contributed by atoms with van der Waals surface area (Å²) in [6, 6.07) is 15.0. The fourth-order valence-corrected chi connectivity index (χ4v) is 2.78. The van der Waals surface area contributed by atoms with E-state index in [1.165, 1.54) is 0 Å². The highest BCUT2D eigenvalue weighted by molar-refractivity contribution is 5.95. The Labute approximate surface area is 122 Å². The van der Waals surface area contributed by atoms with Crippen molar-refractivity contribution in [1.29, 1.82) is 0 Å². The molecule has 0 spiro atoms. The van der Waals surface area contributed by atoms with Gasteiger partial charge in [0.1, 0.15) is 0 Å². The zero-order valence-corrected chi connectivity index (χ0v) is 12.0. The molecule has 21 heavy (non-hydrogen) atoms. The molecule has 0 bridgehead atoms. The van der Waals surface area contributed by atoms with E-state index in [1.807, 2.05) is 60.0 Å². The number of carbonyl (C=O) groups excluding carboxylic acids is 1. The van der Waals surface area contributed by atoms with Gasteiger partial charge in [-0.15, -0.1) is 0 Å². The van der Waals surface area contributed by atoms with Gasteiger partial charge in [-0.1, -0.05) is 31.2 Å². The lowest BCUT2D eigenvalue weighted by molar-refractivity contribution is -0.119. The second-order valence-electron chi connectivity index (χ2n) is 5.24. The fourth-order valence-electron chi connectivity index (χ4n) is 2.78. The molecule has 3 nitrogen and oxygen atoms in total. The summed E-state index contributed by atoms with van der Waals surface area (Å²) in [5, 5.41) is 1.33. The molecule has 1 heterocycles. The van der Waals surface area contributed by atoms with Gasteiger partial charge in [0.15, 0.2) is 11.2 Å². The SMILES string of the molecule is CCCC(=O)Cn1c2ccccc2c(=O)c2ccccc21. The van der Waals surface area contributed by atoms with Crippen LogP contribution >= 0.6 is 0 Å². The molecule has 106 valence electrons. The van der Waals surface area contributed by atoms with Crippen molar-refractivity contribution in [3.8, 4) is 0 Å². The summed E-state index contributed by atoms with van der Waals surface area (Å²) < 4.78 is 1.96. The summed E-state index contributed by atoms with van der Waals surface area (Å²) in [6.07, 6.45) is 1.41. The van der Waals surface area contributed by atoms with Crippen molar-refractivity contribution in [3.05, 3.63) is 58.8 Å². The standard InChI is InChI=1S/C18H17NO2/c1-2-7-13(20)12-19-16-10-5-3-8-14(16)18(21)15-9-4-6-11-17(15)19/h3-6,8-11H,2,7,12H2,1H3. The van der Waals surface area contributed by atoms with Crippen molar-refractivity contribution in [1.82, 2.24) is 4.57 Å². The van der Waals surface area contributed by atoms with E-state index in [0.717, 1.165) is 17.5 Å². The molecule has 3 heteroatoms. The Morgan fingerprint density at radius 2 is 1.48 bits per heavy atom. The predicted octanol–water partition coefficient (Wildman–Crippen LogP) is 3.52. The van der Waals surface area contributed by atoms with Crippen molar-refractivity contribution in [2.24, 2.45) is 0 Å². The summed E-state index contributed by atoms with van der Waals surface area (Å²) in [6.45, 7) is 2.31. The van der Waals surface area contributed by atoms with Crippen molar-refractivity contribution >= 4 is 27.6 Å². The maximum Gasteiger partial charge on any atom is 0.197 e. The molecule has 3 aromatic rings. The van der Waals surface area contributed by atoms with Gasteiger partial charge in [-0.25, -0.2) is 0 Å². The van der Waals surface area contributed by atoms with Crippen molar-refractivity contribution in [2.75, 3.05) is 0 Å². The zero-order valence-electron chi connectivity index (χ0n) is 12.0. The number of pyridine rings is 1. The van der Waals surface area contributed by atoms with Gasteiger partial charge < -0.3 is 4.57 Å². The number of aromatic nitrogens is 1. The van der Waals surface area contributed by atoms with Crippen LogP contribution in [0.25, 0.3) is 21.8 Å². The van der Waals surface area contributed by atoms with E-state index < -0.39 is 0 Å². The predicted molar refractivity (Wildman–Crippen MR) is 85.6 cm³/mol. The Morgan fingerprint density at radius 3 is 2.00 bits per heavy atom. The molecule has 0 N–H and O–H groups in total. The van der Waals surface area contributed by atoms with Crippen LogP contribution < -0.4 is 5.43 Å². The van der Waals surface area contributed by atoms with Gasteiger partial charge in [0.05, 0.1) is 17.6 Å². The summed E-state index contributed by atoms with van der Waals surface area (Å²) in [4.78, 5) is 24.6.